The quantitative estimate of drug-likeness (QED) is 0.621. The number of carbonyl (C=O) groups excluding carboxylic acids is 1. The van der Waals surface area contributed by atoms with Crippen molar-refractivity contribution in [2.45, 2.75) is 4.90 Å². The lowest BCUT2D eigenvalue weighted by atomic mass is 10.1. The molecule has 0 unspecified atom stereocenters. The molecule has 0 radical (unpaired) electrons. The maximum Gasteiger partial charge on any atom is 0.334 e. The molecule has 0 aliphatic heterocycles. The van der Waals surface area contributed by atoms with Gasteiger partial charge in [0.1, 0.15) is 0 Å². The topological polar surface area (TPSA) is 63.7 Å². The van der Waals surface area contributed by atoms with Gasteiger partial charge >= 0.3 is 5.97 Å². The molecule has 0 bridgehead atoms. The van der Waals surface area contributed by atoms with Crippen LogP contribution >= 0.6 is 0 Å². The van der Waals surface area contributed by atoms with Crippen LogP contribution in [-0.4, -0.2) is 41.3 Å². The highest BCUT2D eigenvalue weighted by molar-refractivity contribution is 7.91. The van der Waals surface area contributed by atoms with E-state index in [-0.39, 0.29) is 10.5 Å². The molecule has 0 atom stereocenters. The summed E-state index contributed by atoms with van der Waals surface area (Å²) in [6.07, 6.45) is 0. The summed E-state index contributed by atoms with van der Waals surface area (Å²) in [6.45, 7) is 3.50. The van der Waals surface area contributed by atoms with Crippen LogP contribution in [-0.2, 0) is 19.4 Å². The van der Waals surface area contributed by atoms with Crippen molar-refractivity contribution in [2.75, 3.05) is 31.9 Å². The zero-order valence-corrected chi connectivity index (χ0v) is 14.2. The van der Waals surface area contributed by atoms with E-state index in [1.807, 2.05) is 37.2 Å². The third-order valence-electron chi connectivity index (χ3n) is 3.51. The molecule has 23 heavy (non-hydrogen) atoms. The van der Waals surface area contributed by atoms with Gasteiger partial charge in [-0.15, -0.1) is 0 Å². The lowest BCUT2D eigenvalue weighted by Crippen LogP contribution is -2.16. The van der Waals surface area contributed by atoms with Gasteiger partial charge in [0.05, 0.1) is 17.8 Å². The molecule has 0 aromatic heterocycles. The summed E-state index contributed by atoms with van der Waals surface area (Å²) < 4.78 is 29.9. The van der Waals surface area contributed by atoms with Gasteiger partial charge in [-0.25, -0.2) is 13.2 Å². The number of methoxy groups -OCH3 is 1. The summed E-state index contributed by atoms with van der Waals surface area (Å²) >= 11 is 0. The van der Waals surface area contributed by atoms with E-state index in [2.05, 4.69) is 11.3 Å². The van der Waals surface area contributed by atoms with Crippen molar-refractivity contribution < 1.29 is 17.9 Å². The van der Waals surface area contributed by atoms with E-state index in [4.69, 9.17) is 0 Å². The maximum absolute atomic E-state index is 12.7. The first-order valence-electron chi connectivity index (χ1n) is 6.96. The standard InChI is InChI=1S/C17H19NO4S/c1-12(17(19)22-4)11-23(20,21)16-10-6-7-13-14(16)8-5-9-15(13)18(2)3/h5-10H,1,11H2,2-4H3. The second-order valence-electron chi connectivity index (χ2n) is 5.38. The number of hydrogen-bond acceptors (Lipinski definition) is 5. The van der Waals surface area contributed by atoms with Crippen molar-refractivity contribution in [1.29, 1.82) is 0 Å². The highest BCUT2D eigenvalue weighted by atomic mass is 32.2. The van der Waals surface area contributed by atoms with Crippen LogP contribution in [0.5, 0.6) is 0 Å². The largest absolute Gasteiger partial charge is 0.466 e. The van der Waals surface area contributed by atoms with Gasteiger partial charge in [-0.3, -0.25) is 0 Å². The molecule has 5 nitrogen and oxygen atoms in total. The van der Waals surface area contributed by atoms with E-state index in [0.717, 1.165) is 11.1 Å². The van der Waals surface area contributed by atoms with Crippen molar-refractivity contribution in [1.82, 2.24) is 0 Å². The van der Waals surface area contributed by atoms with E-state index in [0.29, 0.717) is 5.39 Å². The molecule has 0 amide bonds. The van der Waals surface area contributed by atoms with Gasteiger partial charge in [0.25, 0.3) is 0 Å². The second-order valence-corrected chi connectivity index (χ2v) is 7.34. The van der Waals surface area contributed by atoms with E-state index in [1.54, 1.807) is 18.2 Å². The Labute approximate surface area is 136 Å². The minimum atomic E-state index is -3.70. The van der Waals surface area contributed by atoms with E-state index >= 15 is 0 Å². The lowest BCUT2D eigenvalue weighted by Gasteiger charge is -2.17. The van der Waals surface area contributed by atoms with Crippen LogP contribution in [0, 0.1) is 0 Å². The summed E-state index contributed by atoms with van der Waals surface area (Å²) in [6, 6.07) is 10.6. The number of nitrogens with zero attached hydrogens (tertiary/aromatic N) is 1. The third kappa shape index (κ3) is 3.37. The van der Waals surface area contributed by atoms with Crippen molar-refractivity contribution in [3.05, 3.63) is 48.6 Å². The van der Waals surface area contributed by atoms with Crippen LogP contribution in [0.1, 0.15) is 0 Å². The molecule has 2 aromatic carbocycles. The Morgan fingerprint density at radius 3 is 2.35 bits per heavy atom. The average Bonchev–Trinajstić information content (AvgIpc) is 2.52. The molecule has 0 saturated carbocycles. The van der Waals surface area contributed by atoms with E-state index in [9.17, 15) is 13.2 Å². The SMILES string of the molecule is C=C(CS(=O)(=O)c1cccc2c(N(C)C)cccc12)C(=O)OC. The summed E-state index contributed by atoms with van der Waals surface area (Å²) in [5, 5.41) is 1.46. The van der Waals surface area contributed by atoms with Gasteiger partial charge in [-0.1, -0.05) is 30.8 Å². The molecule has 0 fully saturated rings. The van der Waals surface area contributed by atoms with Crippen LogP contribution in [0.15, 0.2) is 53.4 Å². The van der Waals surface area contributed by atoms with Crippen LogP contribution in [0.4, 0.5) is 5.69 Å². The number of rotatable bonds is 5. The zero-order chi connectivity index (χ0) is 17.2. The van der Waals surface area contributed by atoms with Crippen LogP contribution < -0.4 is 4.90 Å². The molecule has 0 heterocycles. The van der Waals surface area contributed by atoms with E-state index in [1.165, 1.54) is 7.11 Å². The number of hydrogen-bond donors (Lipinski definition) is 0. The molecule has 0 N–H and O–H groups in total. The minimum absolute atomic E-state index is 0.0896. The fourth-order valence-electron chi connectivity index (χ4n) is 2.44. The molecule has 122 valence electrons. The van der Waals surface area contributed by atoms with Crippen molar-refractivity contribution >= 4 is 32.3 Å². The normalized spacial score (nSPS) is 11.3. The molecule has 0 aliphatic carbocycles. The smallest absolute Gasteiger partial charge is 0.334 e. The fraction of sp³-hybridized carbons (Fsp3) is 0.235. The fourth-order valence-corrected chi connectivity index (χ4v) is 3.97. The van der Waals surface area contributed by atoms with Crippen LogP contribution in [0.2, 0.25) is 0 Å². The van der Waals surface area contributed by atoms with Gasteiger partial charge < -0.3 is 9.64 Å². The third-order valence-corrected chi connectivity index (χ3v) is 5.27. The van der Waals surface area contributed by atoms with Gasteiger partial charge in [-0.05, 0) is 12.1 Å². The molecule has 2 aromatic rings. The summed E-state index contributed by atoms with van der Waals surface area (Å²) in [7, 11) is 1.29. The Hall–Kier alpha value is -2.34. The van der Waals surface area contributed by atoms with Gasteiger partial charge in [0.2, 0.25) is 0 Å². The number of fused-ring (bicyclic) bond motifs is 1. The first-order chi connectivity index (χ1) is 10.8. The first-order valence-corrected chi connectivity index (χ1v) is 8.61. The van der Waals surface area contributed by atoms with Gasteiger partial charge in [-0.2, -0.15) is 0 Å². The Kier molecular flexibility index (Phi) is 4.75. The van der Waals surface area contributed by atoms with Gasteiger partial charge in [0, 0.05) is 36.1 Å². The molecule has 0 spiro atoms. The Bertz CT molecular complexity index is 869. The summed E-state index contributed by atoms with van der Waals surface area (Å²) in [4.78, 5) is 13.5. The molecular formula is C17H19NO4S. The minimum Gasteiger partial charge on any atom is -0.466 e. The Balaban J connectivity index is 2.58. The number of anilines is 1. The Morgan fingerprint density at radius 1 is 1.13 bits per heavy atom. The molecule has 0 aliphatic rings. The van der Waals surface area contributed by atoms with E-state index < -0.39 is 21.6 Å². The average molecular weight is 333 g/mol. The summed E-state index contributed by atoms with van der Waals surface area (Å²) in [5.41, 5.74) is 0.833. The Morgan fingerprint density at radius 2 is 1.74 bits per heavy atom. The number of ether oxygens (including phenoxy) is 1. The van der Waals surface area contributed by atoms with Crippen LogP contribution in [0.25, 0.3) is 10.8 Å². The zero-order valence-electron chi connectivity index (χ0n) is 13.4. The predicted octanol–water partition coefficient (Wildman–Crippen LogP) is 2.41. The number of sulfone groups is 1. The predicted molar refractivity (Wildman–Crippen MR) is 91.5 cm³/mol. The number of benzene rings is 2. The molecule has 0 saturated heterocycles. The number of esters is 1. The highest BCUT2D eigenvalue weighted by Crippen LogP contribution is 2.31. The molecule has 2 rings (SSSR count). The summed E-state index contributed by atoms with van der Waals surface area (Å²) in [5.74, 6) is -1.19. The molecule has 6 heteroatoms. The highest BCUT2D eigenvalue weighted by Gasteiger charge is 2.22. The van der Waals surface area contributed by atoms with Gasteiger partial charge in [0.15, 0.2) is 9.84 Å². The first kappa shape index (κ1) is 17.0. The van der Waals surface area contributed by atoms with Crippen molar-refractivity contribution in [3.8, 4) is 0 Å². The molecular weight excluding hydrogens is 314 g/mol. The second kappa shape index (κ2) is 6.42. The van der Waals surface area contributed by atoms with Crippen molar-refractivity contribution in [2.24, 2.45) is 0 Å². The maximum atomic E-state index is 12.7. The van der Waals surface area contributed by atoms with Crippen molar-refractivity contribution in [3.63, 3.8) is 0 Å². The van der Waals surface area contributed by atoms with Crippen LogP contribution in [0.3, 0.4) is 0 Å². The monoisotopic (exact) mass is 333 g/mol. The lowest BCUT2D eigenvalue weighted by molar-refractivity contribution is -0.135. The number of carbonyl (C=O) groups is 1.